The molecule has 0 radical (unpaired) electrons. The molecule has 0 aliphatic heterocycles. The molecule has 3 rings (SSSR count). The maximum atomic E-state index is 5.57. The molecule has 0 saturated heterocycles. The summed E-state index contributed by atoms with van der Waals surface area (Å²) in [6.45, 7) is 2.52. The highest BCUT2D eigenvalue weighted by Gasteiger charge is 2.05. The molecular formula is C19H19N3O2S. The van der Waals surface area contributed by atoms with Crippen molar-refractivity contribution in [3.05, 3.63) is 59.5 Å². The number of thiazole rings is 1. The Morgan fingerprint density at radius 3 is 2.76 bits per heavy atom. The molecule has 0 spiro atoms. The van der Waals surface area contributed by atoms with Crippen LogP contribution in [0.1, 0.15) is 12.5 Å². The van der Waals surface area contributed by atoms with E-state index in [1.807, 2.05) is 60.8 Å². The number of aromatic nitrogens is 1. The van der Waals surface area contributed by atoms with Crippen molar-refractivity contribution >= 4 is 22.7 Å². The van der Waals surface area contributed by atoms with Crippen LogP contribution in [0.3, 0.4) is 0 Å². The monoisotopic (exact) mass is 353 g/mol. The van der Waals surface area contributed by atoms with Crippen molar-refractivity contribution in [1.82, 2.24) is 4.98 Å². The van der Waals surface area contributed by atoms with E-state index in [4.69, 9.17) is 9.47 Å². The van der Waals surface area contributed by atoms with E-state index in [9.17, 15) is 0 Å². The van der Waals surface area contributed by atoms with Crippen LogP contribution in [0, 0.1) is 0 Å². The molecule has 0 amide bonds. The average molecular weight is 353 g/mol. The molecule has 0 atom stereocenters. The zero-order chi connectivity index (χ0) is 17.5. The van der Waals surface area contributed by atoms with Gasteiger partial charge in [0.1, 0.15) is 0 Å². The maximum Gasteiger partial charge on any atom is 0.203 e. The van der Waals surface area contributed by atoms with Gasteiger partial charge >= 0.3 is 0 Å². The summed E-state index contributed by atoms with van der Waals surface area (Å²) in [7, 11) is 1.62. The Labute approximate surface area is 151 Å². The smallest absolute Gasteiger partial charge is 0.203 e. The number of methoxy groups -OCH3 is 1. The van der Waals surface area contributed by atoms with Crippen LogP contribution < -0.4 is 14.9 Å². The fourth-order valence-electron chi connectivity index (χ4n) is 2.27. The summed E-state index contributed by atoms with van der Waals surface area (Å²) in [6, 6.07) is 15.7. The van der Waals surface area contributed by atoms with Crippen molar-refractivity contribution < 1.29 is 9.47 Å². The van der Waals surface area contributed by atoms with Crippen molar-refractivity contribution in [2.45, 2.75) is 6.92 Å². The first-order chi connectivity index (χ1) is 12.3. The van der Waals surface area contributed by atoms with Crippen LogP contribution in [-0.4, -0.2) is 24.9 Å². The zero-order valence-corrected chi connectivity index (χ0v) is 14.9. The molecule has 0 aliphatic rings. The summed E-state index contributed by atoms with van der Waals surface area (Å²) in [6.07, 6.45) is 1.73. The number of benzene rings is 2. The first-order valence-corrected chi connectivity index (χ1v) is 8.79. The van der Waals surface area contributed by atoms with Gasteiger partial charge in [0.05, 0.1) is 25.6 Å². The van der Waals surface area contributed by atoms with Gasteiger partial charge in [-0.15, -0.1) is 11.3 Å². The maximum absolute atomic E-state index is 5.57. The number of hydrazone groups is 1. The van der Waals surface area contributed by atoms with Gasteiger partial charge in [-0.25, -0.2) is 4.98 Å². The average Bonchev–Trinajstić information content (AvgIpc) is 3.12. The molecule has 25 heavy (non-hydrogen) atoms. The fourth-order valence-corrected chi connectivity index (χ4v) is 2.94. The Morgan fingerprint density at radius 1 is 1.16 bits per heavy atom. The van der Waals surface area contributed by atoms with Crippen molar-refractivity contribution in [2.75, 3.05) is 19.1 Å². The topological polar surface area (TPSA) is 55.7 Å². The second-order valence-corrected chi connectivity index (χ2v) is 5.98. The second-order valence-electron chi connectivity index (χ2n) is 5.12. The molecule has 5 nitrogen and oxygen atoms in total. The Hall–Kier alpha value is -2.86. The number of anilines is 1. The molecular weight excluding hydrogens is 334 g/mol. The van der Waals surface area contributed by atoms with Gasteiger partial charge < -0.3 is 9.47 Å². The molecule has 6 heteroatoms. The van der Waals surface area contributed by atoms with E-state index in [0.717, 1.165) is 22.0 Å². The zero-order valence-electron chi connectivity index (χ0n) is 14.1. The third kappa shape index (κ3) is 4.36. The summed E-state index contributed by atoms with van der Waals surface area (Å²) in [4.78, 5) is 4.54. The number of hydrogen-bond acceptors (Lipinski definition) is 6. The van der Waals surface area contributed by atoms with Crippen molar-refractivity contribution in [1.29, 1.82) is 0 Å². The number of rotatable bonds is 7. The quantitative estimate of drug-likeness (QED) is 0.496. The van der Waals surface area contributed by atoms with Gasteiger partial charge in [0.2, 0.25) is 5.13 Å². The Bertz CT molecular complexity index is 847. The molecule has 0 saturated carbocycles. The highest BCUT2D eigenvalue weighted by Crippen LogP contribution is 2.28. The third-order valence-corrected chi connectivity index (χ3v) is 4.18. The van der Waals surface area contributed by atoms with Gasteiger partial charge in [-0.1, -0.05) is 30.3 Å². The van der Waals surface area contributed by atoms with Gasteiger partial charge in [0.25, 0.3) is 0 Å². The number of nitrogens with zero attached hydrogens (tertiary/aromatic N) is 2. The van der Waals surface area contributed by atoms with E-state index in [1.165, 1.54) is 11.3 Å². The van der Waals surface area contributed by atoms with Gasteiger partial charge in [-0.2, -0.15) is 5.10 Å². The lowest BCUT2D eigenvalue weighted by molar-refractivity contribution is 0.311. The third-order valence-electron chi connectivity index (χ3n) is 3.44. The predicted molar refractivity (Wildman–Crippen MR) is 103 cm³/mol. The molecule has 0 unspecified atom stereocenters. The summed E-state index contributed by atoms with van der Waals surface area (Å²) in [5, 5.41) is 7.00. The molecule has 3 aromatic rings. The van der Waals surface area contributed by atoms with E-state index in [0.29, 0.717) is 18.1 Å². The second kappa shape index (κ2) is 8.30. The lowest BCUT2D eigenvalue weighted by Gasteiger charge is -2.09. The lowest BCUT2D eigenvalue weighted by Crippen LogP contribution is -1.97. The van der Waals surface area contributed by atoms with Crippen LogP contribution >= 0.6 is 11.3 Å². The van der Waals surface area contributed by atoms with Crippen molar-refractivity contribution in [2.24, 2.45) is 5.10 Å². The first kappa shape index (κ1) is 17.0. The molecule has 128 valence electrons. The summed E-state index contributed by atoms with van der Waals surface area (Å²) in [5.74, 6) is 1.41. The molecule has 1 aromatic heterocycles. The van der Waals surface area contributed by atoms with Crippen LogP contribution in [-0.2, 0) is 0 Å². The highest BCUT2D eigenvalue weighted by molar-refractivity contribution is 7.14. The SMILES string of the molecule is CCOc1cc(C=NNc2nc(-c3ccccc3)cs2)ccc1OC. The minimum atomic E-state index is 0.580. The molecule has 2 aromatic carbocycles. The summed E-state index contributed by atoms with van der Waals surface area (Å²) >= 11 is 1.52. The Kier molecular flexibility index (Phi) is 5.64. The molecule has 1 N–H and O–H groups in total. The van der Waals surface area contributed by atoms with Gasteiger partial charge in [0.15, 0.2) is 11.5 Å². The lowest BCUT2D eigenvalue weighted by atomic mass is 10.2. The van der Waals surface area contributed by atoms with E-state index >= 15 is 0 Å². The van der Waals surface area contributed by atoms with Crippen LogP contribution in [0.2, 0.25) is 0 Å². The van der Waals surface area contributed by atoms with E-state index in [-0.39, 0.29) is 0 Å². The predicted octanol–water partition coefficient (Wildman–Crippen LogP) is 4.66. The number of nitrogens with one attached hydrogen (secondary N) is 1. The number of ether oxygens (including phenoxy) is 2. The highest BCUT2D eigenvalue weighted by atomic mass is 32.1. The van der Waals surface area contributed by atoms with Crippen LogP contribution in [0.25, 0.3) is 11.3 Å². The molecule has 0 bridgehead atoms. The normalized spacial score (nSPS) is 10.8. The Balaban J connectivity index is 1.67. The van der Waals surface area contributed by atoms with Gasteiger partial charge in [-0.3, -0.25) is 5.43 Å². The minimum Gasteiger partial charge on any atom is -0.493 e. The van der Waals surface area contributed by atoms with Crippen LogP contribution in [0.5, 0.6) is 11.5 Å². The van der Waals surface area contributed by atoms with Gasteiger partial charge in [0, 0.05) is 10.9 Å². The number of hydrogen-bond donors (Lipinski definition) is 1. The molecule has 1 heterocycles. The van der Waals surface area contributed by atoms with E-state index < -0.39 is 0 Å². The fraction of sp³-hybridized carbons (Fsp3) is 0.158. The van der Waals surface area contributed by atoms with Crippen LogP contribution in [0.15, 0.2) is 59.0 Å². The molecule has 0 fully saturated rings. The van der Waals surface area contributed by atoms with E-state index in [1.54, 1.807) is 13.3 Å². The Morgan fingerprint density at radius 2 is 2.00 bits per heavy atom. The largest absolute Gasteiger partial charge is 0.493 e. The van der Waals surface area contributed by atoms with E-state index in [2.05, 4.69) is 15.5 Å². The molecule has 0 aliphatic carbocycles. The van der Waals surface area contributed by atoms with Crippen LogP contribution in [0.4, 0.5) is 5.13 Å². The minimum absolute atomic E-state index is 0.580. The summed E-state index contributed by atoms with van der Waals surface area (Å²) < 4.78 is 10.8. The standard InChI is InChI=1S/C19H19N3O2S/c1-3-24-18-11-14(9-10-17(18)23-2)12-20-22-19-21-16(13-25-19)15-7-5-4-6-8-15/h4-13H,3H2,1-2H3,(H,21,22). The first-order valence-electron chi connectivity index (χ1n) is 7.91. The van der Waals surface area contributed by atoms with Crippen molar-refractivity contribution in [3.8, 4) is 22.8 Å². The van der Waals surface area contributed by atoms with Gasteiger partial charge in [-0.05, 0) is 30.7 Å². The van der Waals surface area contributed by atoms with Crippen molar-refractivity contribution in [3.63, 3.8) is 0 Å². The summed E-state index contributed by atoms with van der Waals surface area (Å²) in [5.41, 5.74) is 5.91.